The van der Waals surface area contributed by atoms with Crippen LogP contribution in [0.4, 0.5) is 0 Å². The minimum Gasteiger partial charge on any atom is -0.480 e. The summed E-state index contributed by atoms with van der Waals surface area (Å²) in [5, 5.41) is 30.0. The van der Waals surface area contributed by atoms with Crippen LogP contribution in [0.2, 0.25) is 6.32 Å². The highest BCUT2D eigenvalue weighted by Gasteiger charge is 2.53. The number of nitrogens with one attached hydrogen (secondary N) is 1. The van der Waals surface area contributed by atoms with E-state index >= 15 is 0 Å². The van der Waals surface area contributed by atoms with Crippen LogP contribution < -0.4 is 11.1 Å². The lowest BCUT2D eigenvalue weighted by Crippen LogP contribution is -2.55. The molecule has 2 aliphatic heterocycles. The number of hydrogen-bond acceptors (Lipinski definition) is 8. The van der Waals surface area contributed by atoms with E-state index < -0.39 is 41.0 Å². The van der Waals surface area contributed by atoms with Gasteiger partial charge in [0, 0.05) is 32.1 Å². The molecule has 2 rings (SSSR count). The van der Waals surface area contributed by atoms with E-state index in [1.165, 1.54) is 0 Å². The monoisotopic (exact) mass is 351 g/mol. The van der Waals surface area contributed by atoms with Crippen molar-refractivity contribution in [2.75, 3.05) is 26.2 Å². The number of nitrogens with zero attached hydrogens (tertiary/aromatic N) is 1. The Balaban J connectivity index is 2.04. The molecule has 132 valence electrons. The Morgan fingerprint density at radius 2 is 2.09 bits per heavy atom. The quantitative estimate of drug-likeness (QED) is 0.290. The predicted octanol–water partition coefficient (Wildman–Crippen LogP) is -2.81. The van der Waals surface area contributed by atoms with Crippen LogP contribution >= 0.6 is 0 Å². The van der Waals surface area contributed by atoms with Gasteiger partial charge in [0.1, 0.15) is 11.6 Å². The first-order valence-corrected chi connectivity index (χ1v) is 8.79. The zero-order chi connectivity index (χ0) is 17.3. The largest absolute Gasteiger partial charge is 0.480 e. The van der Waals surface area contributed by atoms with Crippen molar-refractivity contribution in [3.63, 3.8) is 0 Å². The van der Waals surface area contributed by atoms with E-state index in [2.05, 4.69) is 5.32 Å². The van der Waals surface area contributed by atoms with Crippen molar-refractivity contribution in [3.8, 4) is 0 Å². The van der Waals surface area contributed by atoms with Crippen LogP contribution in [0.5, 0.6) is 0 Å². The summed E-state index contributed by atoms with van der Waals surface area (Å²) < 4.78 is 30.4. The predicted molar refractivity (Wildman–Crippen MR) is 80.5 cm³/mol. The molecule has 2 atom stereocenters. The topological polar surface area (TPSA) is 162 Å². The number of carboxylic acid groups (broad SMARTS) is 1. The van der Waals surface area contributed by atoms with Gasteiger partial charge >= 0.3 is 23.4 Å². The van der Waals surface area contributed by atoms with Gasteiger partial charge < -0.3 is 26.2 Å². The van der Waals surface area contributed by atoms with Gasteiger partial charge in [-0.25, -0.2) is 0 Å². The number of aliphatic carboxylic acids is 1. The van der Waals surface area contributed by atoms with Crippen LogP contribution in [0.3, 0.4) is 0 Å². The van der Waals surface area contributed by atoms with Crippen molar-refractivity contribution in [1.82, 2.24) is 9.62 Å². The van der Waals surface area contributed by atoms with Crippen LogP contribution in [0.1, 0.15) is 12.8 Å². The van der Waals surface area contributed by atoms with E-state index in [1.807, 2.05) is 0 Å². The van der Waals surface area contributed by atoms with Crippen molar-refractivity contribution < 1.29 is 32.5 Å². The third-order valence-corrected chi connectivity index (χ3v) is 5.75. The molecule has 0 aromatic heterocycles. The van der Waals surface area contributed by atoms with Crippen LogP contribution in [-0.4, -0.2) is 78.8 Å². The van der Waals surface area contributed by atoms with Gasteiger partial charge in [-0.1, -0.05) is 6.42 Å². The van der Waals surface area contributed by atoms with Gasteiger partial charge in [-0.15, -0.1) is 0 Å². The van der Waals surface area contributed by atoms with Gasteiger partial charge in [-0.05, 0) is 12.7 Å². The van der Waals surface area contributed by atoms with Crippen LogP contribution in [0.25, 0.3) is 0 Å². The molecular formula is C11H22BN3O7S. The Morgan fingerprint density at radius 1 is 1.43 bits per heavy atom. The summed E-state index contributed by atoms with van der Waals surface area (Å²) in [4.78, 5) is 11.5. The number of hydrogen-bond donors (Lipinski definition) is 5. The maximum atomic E-state index is 12.2. The van der Waals surface area contributed by atoms with Gasteiger partial charge in [0.05, 0.1) is 0 Å². The second kappa shape index (κ2) is 7.01. The highest BCUT2D eigenvalue weighted by atomic mass is 32.2. The average Bonchev–Trinajstić information content (AvgIpc) is 2.74. The molecule has 10 nitrogen and oxygen atoms in total. The highest BCUT2D eigenvalue weighted by molar-refractivity contribution is 7.84. The molecule has 0 aliphatic carbocycles. The average molecular weight is 351 g/mol. The molecule has 0 saturated carbocycles. The third-order valence-electron chi connectivity index (χ3n) is 4.32. The zero-order valence-electron chi connectivity index (χ0n) is 12.6. The first-order valence-electron chi connectivity index (χ1n) is 7.42. The smallest absolute Gasteiger partial charge is 0.451 e. The summed E-state index contributed by atoms with van der Waals surface area (Å²) >= 11 is 0. The van der Waals surface area contributed by atoms with Crippen molar-refractivity contribution in [2.24, 2.45) is 11.7 Å². The molecule has 0 unspecified atom stereocenters. The Morgan fingerprint density at radius 3 is 2.57 bits per heavy atom. The summed E-state index contributed by atoms with van der Waals surface area (Å²) in [6, 6.07) is 0. The van der Waals surface area contributed by atoms with E-state index in [1.54, 1.807) is 0 Å². The number of carbonyl (C=O) groups is 1. The van der Waals surface area contributed by atoms with Crippen LogP contribution in [0.15, 0.2) is 0 Å². The minimum absolute atomic E-state index is 0.0627. The molecule has 2 fully saturated rings. The van der Waals surface area contributed by atoms with Gasteiger partial charge in [-0.2, -0.15) is 12.7 Å². The van der Waals surface area contributed by atoms with Crippen molar-refractivity contribution in [3.05, 3.63) is 0 Å². The Labute approximate surface area is 135 Å². The fourth-order valence-electron chi connectivity index (χ4n) is 2.77. The normalized spacial score (nSPS) is 29.4. The second-order valence-electron chi connectivity index (χ2n) is 6.08. The van der Waals surface area contributed by atoms with Crippen molar-refractivity contribution in [1.29, 1.82) is 0 Å². The molecule has 2 saturated heterocycles. The summed E-state index contributed by atoms with van der Waals surface area (Å²) in [5.41, 5.74) is 4.22. The van der Waals surface area contributed by atoms with E-state index in [-0.39, 0.29) is 25.8 Å². The van der Waals surface area contributed by atoms with Crippen molar-refractivity contribution in [2.45, 2.75) is 30.8 Å². The van der Waals surface area contributed by atoms with Crippen molar-refractivity contribution >= 4 is 23.4 Å². The first-order chi connectivity index (χ1) is 10.6. The summed E-state index contributed by atoms with van der Waals surface area (Å²) in [7, 11) is -5.53. The highest BCUT2D eigenvalue weighted by Crippen LogP contribution is 2.32. The minimum atomic E-state index is -4.05. The molecule has 0 radical (unpaired) electrons. The number of carboxylic acids is 1. The lowest BCUT2D eigenvalue weighted by atomic mass is 9.78. The van der Waals surface area contributed by atoms with Gasteiger partial charge in [-0.3, -0.25) is 8.98 Å². The summed E-state index contributed by atoms with van der Waals surface area (Å²) in [6.07, 6.45) is 0.233. The van der Waals surface area contributed by atoms with E-state index in [9.17, 15) is 18.3 Å². The molecule has 0 spiro atoms. The fourth-order valence-corrected chi connectivity index (χ4v) is 4.10. The second-order valence-corrected chi connectivity index (χ2v) is 7.64. The summed E-state index contributed by atoms with van der Waals surface area (Å²) in [5.74, 6) is -1.91. The van der Waals surface area contributed by atoms with Gasteiger partial charge in [0.25, 0.3) is 0 Å². The molecule has 2 aliphatic rings. The Kier molecular flexibility index (Phi) is 5.66. The standard InChI is InChI=1S/C11H22BN3O7S/c13-11(10(16)17)7-15(6-8(11)2-1-3-12(18)19)23(20,21)22-9-4-14-5-9/h8-9,14,18-19H,1-7,13H2,(H,16,17)/t8-,11-/m0/s1. The Hall–Kier alpha value is -0.755. The fraction of sp³-hybridized carbons (Fsp3) is 0.909. The maximum absolute atomic E-state index is 12.2. The molecular weight excluding hydrogens is 329 g/mol. The zero-order valence-corrected chi connectivity index (χ0v) is 13.4. The summed E-state index contributed by atoms with van der Waals surface area (Å²) in [6.45, 7) is 0.430. The molecule has 0 aromatic rings. The Bertz CT molecular complexity index is 542. The molecule has 6 N–H and O–H groups in total. The van der Waals surface area contributed by atoms with Gasteiger partial charge in [0.2, 0.25) is 0 Å². The van der Waals surface area contributed by atoms with Gasteiger partial charge in [0.15, 0.2) is 0 Å². The molecule has 23 heavy (non-hydrogen) atoms. The molecule has 2 heterocycles. The lowest BCUT2D eigenvalue weighted by Gasteiger charge is -2.28. The SMILES string of the molecule is N[C@@]1(C(=O)O)CN(S(=O)(=O)OC2CNC2)C[C@@H]1CCCB(O)O. The molecule has 0 bridgehead atoms. The first kappa shape index (κ1) is 18.6. The molecule has 0 amide bonds. The maximum Gasteiger partial charge on any atom is 0.451 e. The van der Waals surface area contributed by atoms with E-state index in [0.29, 0.717) is 19.5 Å². The lowest BCUT2D eigenvalue weighted by molar-refractivity contribution is -0.144. The number of nitrogens with two attached hydrogens (primary N) is 1. The van der Waals surface area contributed by atoms with E-state index in [4.69, 9.17) is 20.0 Å². The van der Waals surface area contributed by atoms with E-state index in [0.717, 1.165) is 4.31 Å². The molecule has 0 aromatic carbocycles. The third kappa shape index (κ3) is 4.21. The van der Waals surface area contributed by atoms with Crippen LogP contribution in [0, 0.1) is 5.92 Å². The van der Waals surface area contributed by atoms with Crippen LogP contribution in [-0.2, 0) is 19.3 Å². The molecule has 12 heteroatoms. The number of rotatable bonds is 8.